The quantitative estimate of drug-likeness (QED) is 0.680. The summed E-state index contributed by atoms with van der Waals surface area (Å²) in [5.41, 5.74) is 1.24. The van der Waals surface area contributed by atoms with Crippen LogP contribution in [0, 0.1) is 5.92 Å². The third-order valence-corrected chi connectivity index (χ3v) is 3.50. The van der Waals surface area contributed by atoms with Crippen LogP contribution in [0.3, 0.4) is 0 Å². The van der Waals surface area contributed by atoms with Crippen molar-refractivity contribution in [2.75, 3.05) is 5.01 Å². The number of anilines is 1. The minimum Gasteiger partial charge on any atom is -0.262 e. The van der Waals surface area contributed by atoms with Gasteiger partial charge >= 0.3 is 0 Å². The average Bonchev–Trinajstić information content (AvgIpc) is 2.74. The minimum atomic E-state index is 0.626. The van der Waals surface area contributed by atoms with E-state index in [4.69, 9.17) is 0 Å². The van der Waals surface area contributed by atoms with Crippen LogP contribution >= 0.6 is 0 Å². The van der Waals surface area contributed by atoms with Gasteiger partial charge in [0.15, 0.2) is 0 Å². The second-order valence-corrected chi connectivity index (χ2v) is 4.46. The largest absolute Gasteiger partial charge is 0.262 e. The van der Waals surface area contributed by atoms with E-state index in [1.807, 2.05) is 0 Å². The molecule has 2 aliphatic rings. The third kappa shape index (κ3) is 1.54. The van der Waals surface area contributed by atoms with Crippen molar-refractivity contribution < 1.29 is 0 Å². The van der Waals surface area contributed by atoms with Crippen molar-refractivity contribution in [2.45, 2.75) is 31.7 Å². The fraction of sp³-hybridized carbons (Fsp3) is 0.462. The van der Waals surface area contributed by atoms with E-state index in [1.54, 1.807) is 0 Å². The van der Waals surface area contributed by atoms with Crippen molar-refractivity contribution in [1.82, 2.24) is 0 Å². The van der Waals surface area contributed by atoms with Crippen LogP contribution in [0.2, 0.25) is 0 Å². The Bertz CT molecular complexity index is 358. The highest BCUT2D eigenvalue weighted by Crippen LogP contribution is 2.34. The molecule has 1 aromatic rings. The zero-order valence-corrected chi connectivity index (χ0v) is 8.84. The SMILES string of the molecule is C1=NN(c2ccccc2)C2CCCCC12. The number of rotatable bonds is 1. The van der Waals surface area contributed by atoms with Gasteiger partial charge in [0.2, 0.25) is 0 Å². The number of hydrogen-bond donors (Lipinski definition) is 0. The zero-order valence-electron chi connectivity index (χ0n) is 8.84. The molecule has 1 saturated carbocycles. The Kier molecular flexibility index (Phi) is 2.20. The number of nitrogens with zero attached hydrogens (tertiary/aromatic N) is 2. The van der Waals surface area contributed by atoms with Gasteiger partial charge in [-0.15, -0.1) is 0 Å². The maximum atomic E-state index is 4.56. The molecule has 0 amide bonds. The second-order valence-electron chi connectivity index (χ2n) is 4.46. The topological polar surface area (TPSA) is 15.6 Å². The average molecular weight is 200 g/mol. The van der Waals surface area contributed by atoms with E-state index >= 15 is 0 Å². The van der Waals surface area contributed by atoms with E-state index in [1.165, 1.54) is 31.4 Å². The summed E-state index contributed by atoms with van der Waals surface area (Å²) in [4.78, 5) is 0. The van der Waals surface area contributed by atoms with Crippen molar-refractivity contribution >= 4 is 11.9 Å². The van der Waals surface area contributed by atoms with Crippen LogP contribution in [0.5, 0.6) is 0 Å². The summed E-state index contributed by atoms with van der Waals surface area (Å²) in [6.45, 7) is 0. The van der Waals surface area contributed by atoms with Crippen LogP contribution < -0.4 is 5.01 Å². The van der Waals surface area contributed by atoms with Crippen LogP contribution in [0.15, 0.2) is 35.4 Å². The Morgan fingerprint density at radius 2 is 1.87 bits per heavy atom. The molecule has 1 aliphatic carbocycles. The van der Waals surface area contributed by atoms with Gasteiger partial charge in [0.25, 0.3) is 0 Å². The highest BCUT2D eigenvalue weighted by atomic mass is 15.5. The molecule has 15 heavy (non-hydrogen) atoms. The van der Waals surface area contributed by atoms with Gasteiger partial charge in [-0.1, -0.05) is 31.0 Å². The first-order valence-corrected chi connectivity index (χ1v) is 5.83. The van der Waals surface area contributed by atoms with Crippen molar-refractivity contribution in [3.63, 3.8) is 0 Å². The summed E-state index contributed by atoms with van der Waals surface area (Å²) in [6.07, 6.45) is 7.48. The lowest BCUT2D eigenvalue weighted by Gasteiger charge is -2.30. The molecule has 1 aliphatic heterocycles. The predicted octanol–water partition coefficient (Wildman–Crippen LogP) is 3.05. The summed E-state index contributed by atoms with van der Waals surface area (Å²) in [5.74, 6) is 0.693. The molecule has 1 heterocycles. The number of hydrogen-bond acceptors (Lipinski definition) is 2. The molecule has 2 nitrogen and oxygen atoms in total. The molecule has 0 aromatic heterocycles. The lowest BCUT2D eigenvalue weighted by molar-refractivity contribution is 0.386. The molecule has 1 fully saturated rings. The normalized spacial score (nSPS) is 29.2. The van der Waals surface area contributed by atoms with E-state index < -0.39 is 0 Å². The molecule has 1 aromatic carbocycles. The van der Waals surface area contributed by atoms with Crippen molar-refractivity contribution in [2.24, 2.45) is 11.0 Å². The summed E-state index contributed by atoms with van der Waals surface area (Å²) < 4.78 is 0. The van der Waals surface area contributed by atoms with Gasteiger partial charge in [0.05, 0.1) is 11.7 Å². The standard InChI is InChI=1S/C13H16N2/c1-2-7-12(8-3-1)15-13-9-5-4-6-11(13)10-14-15/h1-3,7-8,10-11,13H,4-6,9H2. The first-order chi connectivity index (χ1) is 7.45. The fourth-order valence-electron chi connectivity index (χ4n) is 2.70. The van der Waals surface area contributed by atoms with Gasteiger partial charge in [-0.2, -0.15) is 5.10 Å². The molecular weight excluding hydrogens is 184 g/mol. The van der Waals surface area contributed by atoms with Gasteiger partial charge in [-0.05, 0) is 25.0 Å². The lowest BCUT2D eigenvalue weighted by Crippen LogP contribution is -2.34. The second kappa shape index (κ2) is 3.69. The Hall–Kier alpha value is -1.31. The summed E-state index contributed by atoms with van der Waals surface area (Å²) in [6, 6.07) is 11.1. The zero-order chi connectivity index (χ0) is 10.1. The molecule has 0 bridgehead atoms. The van der Waals surface area contributed by atoms with Crippen molar-refractivity contribution in [3.8, 4) is 0 Å². The first-order valence-electron chi connectivity index (χ1n) is 5.83. The Morgan fingerprint density at radius 3 is 2.73 bits per heavy atom. The van der Waals surface area contributed by atoms with Crippen molar-refractivity contribution in [3.05, 3.63) is 30.3 Å². The number of hydrazone groups is 1. The highest BCUT2D eigenvalue weighted by molar-refractivity contribution is 5.69. The van der Waals surface area contributed by atoms with Gasteiger partial charge in [0.1, 0.15) is 0 Å². The highest BCUT2D eigenvalue weighted by Gasteiger charge is 2.33. The predicted molar refractivity (Wildman–Crippen MR) is 63.2 cm³/mol. The number of fused-ring (bicyclic) bond motifs is 1. The molecule has 3 rings (SSSR count). The van der Waals surface area contributed by atoms with Gasteiger partial charge < -0.3 is 0 Å². The Labute approximate surface area is 90.6 Å². The molecule has 0 N–H and O–H groups in total. The lowest BCUT2D eigenvalue weighted by atomic mass is 9.86. The Morgan fingerprint density at radius 1 is 1.07 bits per heavy atom. The molecule has 78 valence electrons. The van der Waals surface area contributed by atoms with Crippen molar-refractivity contribution in [1.29, 1.82) is 0 Å². The van der Waals surface area contributed by atoms with Gasteiger partial charge in [-0.3, -0.25) is 5.01 Å². The van der Waals surface area contributed by atoms with Crippen LogP contribution in [0.4, 0.5) is 5.69 Å². The van der Waals surface area contributed by atoms with E-state index in [2.05, 4.69) is 46.7 Å². The molecule has 2 heteroatoms. The van der Waals surface area contributed by atoms with Gasteiger partial charge in [-0.25, -0.2) is 0 Å². The van der Waals surface area contributed by atoms with Crippen LogP contribution in [-0.2, 0) is 0 Å². The first kappa shape index (κ1) is 8.96. The van der Waals surface area contributed by atoms with Crippen LogP contribution in [0.1, 0.15) is 25.7 Å². The smallest absolute Gasteiger partial charge is 0.0604 e. The minimum absolute atomic E-state index is 0.626. The maximum Gasteiger partial charge on any atom is 0.0604 e. The van der Waals surface area contributed by atoms with Crippen LogP contribution in [0.25, 0.3) is 0 Å². The molecule has 2 atom stereocenters. The third-order valence-electron chi connectivity index (χ3n) is 3.50. The molecule has 0 spiro atoms. The maximum absolute atomic E-state index is 4.56. The molecule has 2 unspecified atom stereocenters. The number of benzene rings is 1. The fourth-order valence-corrected chi connectivity index (χ4v) is 2.70. The van der Waals surface area contributed by atoms with E-state index in [9.17, 15) is 0 Å². The molecular formula is C13H16N2. The summed E-state index contributed by atoms with van der Waals surface area (Å²) in [5, 5.41) is 6.77. The molecule has 0 saturated heterocycles. The summed E-state index contributed by atoms with van der Waals surface area (Å²) >= 11 is 0. The number of para-hydroxylation sites is 1. The van der Waals surface area contributed by atoms with E-state index in [0.717, 1.165) is 0 Å². The van der Waals surface area contributed by atoms with E-state index in [-0.39, 0.29) is 0 Å². The Balaban J connectivity index is 1.86. The van der Waals surface area contributed by atoms with E-state index in [0.29, 0.717) is 12.0 Å². The van der Waals surface area contributed by atoms with Gasteiger partial charge in [0, 0.05) is 12.1 Å². The monoisotopic (exact) mass is 200 g/mol. The summed E-state index contributed by atoms with van der Waals surface area (Å²) in [7, 11) is 0. The van der Waals surface area contributed by atoms with Crippen LogP contribution in [-0.4, -0.2) is 12.3 Å². The molecule has 0 radical (unpaired) electrons.